The summed E-state index contributed by atoms with van der Waals surface area (Å²) in [6.07, 6.45) is 1.55. The average Bonchev–Trinajstić information content (AvgIpc) is 3.23. The first-order valence-corrected chi connectivity index (χ1v) is 11.9. The summed E-state index contributed by atoms with van der Waals surface area (Å²) in [6, 6.07) is 16.0. The van der Waals surface area contributed by atoms with Crippen molar-refractivity contribution < 1.29 is 18.0 Å². The lowest BCUT2D eigenvalue weighted by molar-refractivity contribution is -0.122. The summed E-state index contributed by atoms with van der Waals surface area (Å²) in [6.45, 7) is 1.62. The van der Waals surface area contributed by atoms with Gasteiger partial charge in [0.15, 0.2) is 11.5 Å². The predicted molar refractivity (Wildman–Crippen MR) is 131 cm³/mol. The fourth-order valence-electron chi connectivity index (χ4n) is 3.64. The minimum absolute atomic E-state index is 0.164. The van der Waals surface area contributed by atoms with Crippen LogP contribution in [0.15, 0.2) is 65.2 Å². The highest BCUT2D eigenvalue weighted by Crippen LogP contribution is 2.28. The number of aromatic nitrogens is 2. The smallest absolute Gasteiger partial charge is 0.245 e. The minimum atomic E-state index is -2.84. The zero-order chi connectivity index (χ0) is 24.9. The van der Waals surface area contributed by atoms with Gasteiger partial charge in [-0.25, -0.2) is 4.98 Å². The molecule has 35 heavy (non-hydrogen) atoms. The molecule has 1 amide bonds. The van der Waals surface area contributed by atoms with Gasteiger partial charge in [-0.05, 0) is 60.5 Å². The zero-order valence-corrected chi connectivity index (χ0v) is 20.0. The number of aryl methyl sites for hydroxylation is 1. The number of rotatable bonds is 8. The van der Waals surface area contributed by atoms with Gasteiger partial charge in [-0.1, -0.05) is 23.7 Å². The number of fused-ring (bicyclic) bond motifs is 1. The van der Waals surface area contributed by atoms with E-state index in [0.29, 0.717) is 16.1 Å². The maximum atomic E-state index is 12.9. The lowest BCUT2D eigenvalue weighted by Gasteiger charge is -2.33. The van der Waals surface area contributed by atoms with Crippen LogP contribution >= 0.6 is 11.6 Å². The van der Waals surface area contributed by atoms with E-state index in [0.717, 1.165) is 21.1 Å². The Kier molecular flexibility index (Phi) is 7.41. The third-order valence-electron chi connectivity index (χ3n) is 5.18. The Morgan fingerprint density at radius 1 is 1.26 bits per heavy atom. The van der Waals surface area contributed by atoms with Gasteiger partial charge in [-0.15, -0.1) is 0 Å². The molecule has 4 aromatic rings. The first kappa shape index (κ1) is 24.3. The number of amides is 1. The van der Waals surface area contributed by atoms with Gasteiger partial charge in [-0.3, -0.25) is 18.3 Å². The van der Waals surface area contributed by atoms with Gasteiger partial charge in [0.2, 0.25) is 5.91 Å². The lowest BCUT2D eigenvalue weighted by Crippen LogP contribution is -2.49. The number of oxazole rings is 1. The van der Waals surface area contributed by atoms with Gasteiger partial charge < -0.3 is 14.3 Å². The molecule has 0 saturated carbocycles. The van der Waals surface area contributed by atoms with Crippen LogP contribution in [0.2, 0.25) is 5.02 Å². The highest BCUT2D eigenvalue weighted by atomic mass is 35.5. The van der Waals surface area contributed by atoms with E-state index >= 15 is 0 Å². The Bertz CT molecular complexity index is 1450. The molecule has 0 aliphatic heterocycles. The third kappa shape index (κ3) is 5.66. The van der Waals surface area contributed by atoms with E-state index in [2.05, 4.69) is 15.3 Å². The Balaban J connectivity index is 1.70. The minimum Gasteiger partial charge on any atom is -0.755 e. The summed E-state index contributed by atoms with van der Waals surface area (Å²) in [7, 11) is 0. The number of hydrogen-bond acceptors (Lipinski definition) is 7. The van der Waals surface area contributed by atoms with Crippen molar-refractivity contribution >= 4 is 45.6 Å². The molecule has 0 aliphatic carbocycles. The molecule has 0 fully saturated rings. The molecule has 2 heterocycles. The topological polar surface area (TPSA) is 135 Å². The molecule has 0 saturated heterocycles. The van der Waals surface area contributed by atoms with Crippen LogP contribution in [-0.4, -0.2) is 37.2 Å². The summed E-state index contributed by atoms with van der Waals surface area (Å²) in [5.41, 5.74) is 3.97. The number of benzene rings is 2. The highest BCUT2D eigenvalue weighted by Gasteiger charge is 2.30. The molecule has 4 rings (SSSR count). The largest absolute Gasteiger partial charge is 0.755 e. The van der Waals surface area contributed by atoms with E-state index < -0.39 is 23.2 Å². The van der Waals surface area contributed by atoms with Crippen LogP contribution in [0.1, 0.15) is 11.6 Å². The van der Waals surface area contributed by atoms with Crippen LogP contribution in [0.4, 0.5) is 5.69 Å². The summed E-state index contributed by atoms with van der Waals surface area (Å²) in [5.74, 6) is -0.511. The van der Waals surface area contributed by atoms with Crippen LogP contribution in [-0.2, 0) is 22.5 Å². The van der Waals surface area contributed by atoms with Crippen LogP contribution < -0.4 is 9.62 Å². The Morgan fingerprint density at radius 2 is 2.06 bits per heavy atom. The second-order valence-electron chi connectivity index (χ2n) is 7.59. The van der Waals surface area contributed by atoms with Crippen molar-refractivity contribution in [2.45, 2.75) is 19.4 Å². The molecule has 0 bridgehead atoms. The van der Waals surface area contributed by atoms with Crippen molar-refractivity contribution in [1.82, 2.24) is 15.3 Å². The van der Waals surface area contributed by atoms with Crippen LogP contribution in [0.5, 0.6) is 0 Å². The number of hydrogen-bond donors (Lipinski definition) is 1. The highest BCUT2D eigenvalue weighted by molar-refractivity contribution is 7.80. The maximum absolute atomic E-state index is 12.9. The molecule has 0 radical (unpaired) electrons. The number of nitrogens with one attached hydrogen (secondary N) is 1. The molecule has 0 aliphatic rings. The predicted octanol–water partition coefficient (Wildman–Crippen LogP) is 3.70. The molecule has 11 heteroatoms. The number of nitriles is 1. The van der Waals surface area contributed by atoms with E-state index in [1.807, 2.05) is 37.3 Å². The summed E-state index contributed by atoms with van der Waals surface area (Å²) < 4.78 is 31.2. The first-order valence-electron chi connectivity index (χ1n) is 10.5. The van der Waals surface area contributed by atoms with Crippen LogP contribution in [0.25, 0.3) is 22.2 Å². The first-order chi connectivity index (χ1) is 16.9. The number of carbonyl (C=O) groups excluding carboxylic acids is 1. The molecular weight excluding hydrogens is 490 g/mol. The van der Waals surface area contributed by atoms with Gasteiger partial charge in [-0.2, -0.15) is 5.26 Å². The molecule has 178 valence electrons. The normalized spacial score (nSPS) is 12.6. The van der Waals surface area contributed by atoms with Gasteiger partial charge in [0.1, 0.15) is 18.1 Å². The van der Waals surface area contributed by atoms with E-state index in [1.165, 1.54) is 12.1 Å². The Labute approximate surface area is 208 Å². The van der Waals surface area contributed by atoms with E-state index in [1.54, 1.807) is 24.4 Å². The molecule has 9 nitrogen and oxygen atoms in total. The van der Waals surface area contributed by atoms with Crippen molar-refractivity contribution in [3.8, 4) is 17.2 Å². The van der Waals surface area contributed by atoms with Crippen molar-refractivity contribution in [3.63, 3.8) is 0 Å². The summed E-state index contributed by atoms with van der Waals surface area (Å²) in [4.78, 5) is 21.6. The number of pyridine rings is 1. The summed E-state index contributed by atoms with van der Waals surface area (Å²) in [5, 5.41) is 11.6. The van der Waals surface area contributed by atoms with Crippen molar-refractivity contribution in [3.05, 3.63) is 77.4 Å². The van der Waals surface area contributed by atoms with Gasteiger partial charge in [0.05, 0.1) is 18.2 Å². The van der Waals surface area contributed by atoms with Gasteiger partial charge in [0.25, 0.3) is 0 Å². The maximum Gasteiger partial charge on any atom is 0.245 e. The third-order valence-corrected chi connectivity index (χ3v) is 6.20. The molecule has 2 aromatic carbocycles. The number of carbonyl (C=O) groups is 1. The molecule has 2 atom stereocenters. The second kappa shape index (κ2) is 10.7. The molecule has 0 spiro atoms. The zero-order valence-electron chi connectivity index (χ0n) is 18.5. The quantitative estimate of drug-likeness (QED) is 0.283. The molecule has 2 aromatic heterocycles. The van der Waals surface area contributed by atoms with E-state index in [9.17, 15) is 13.6 Å². The van der Waals surface area contributed by atoms with E-state index in [4.69, 9.17) is 21.3 Å². The standard InChI is InChI=1S/C24H20ClN5O4S/c1-15-11-17(7-9-27-15)16-5-6-20-22(12-16)34-23(29-20)14-21(24(31)28-10-8-26)30(35(32)33)19-4-2-3-18(25)13-19/h2-7,9,11-13,21H,10,14H2,1H3,(H,28,31)(H,32,33)/p-1/t21-/m0/s1. The fraction of sp³-hybridized carbons (Fsp3) is 0.167. The van der Waals surface area contributed by atoms with E-state index in [-0.39, 0.29) is 24.5 Å². The number of halogens is 1. The second-order valence-corrected chi connectivity index (χ2v) is 8.86. The summed E-state index contributed by atoms with van der Waals surface area (Å²) >= 11 is 3.21. The van der Waals surface area contributed by atoms with Crippen LogP contribution in [0.3, 0.4) is 0 Å². The monoisotopic (exact) mass is 508 g/mol. The number of nitrogens with zero attached hydrogens (tertiary/aromatic N) is 4. The number of anilines is 1. The molecular formula is C24H19ClN5O4S-. The SMILES string of the molecule is Cc1cc(-c2ccc3nc(C[C@@H](C(=O)NCC#N)N(c4cccc(Cl)c4)S(=O)[O-])oc3c2)ccn1. The van der Waals surface area contributed by atoms with Crippen LogP contribution in [0, 0.1) is 18.3 Å². The molecule has 1 N–H and O–H groups in total. The van der Waals surface area contributed by atoms with Crippen molar-refractivity contribution in [2.24, 2.45) is 0 Å². The lowest BCUT2D eigenvalue weighted by atomic mass is 10.1. The van der Waals surface area contributed by atoms with Gasteiger partial charge in [0, 0.05) is 28.2 Å². The Morgan fingerprint density at radius 3 is 2.77 bits per heavy atom. The average molecular weight is 509 g/mol. The molecule has 1 unspecified atom stereocenters. The van der Waals surface area contributed by atoms with Crippen molar-refractivity contribution in [1.29, 1.82) is 5.26 Å². The fourth-order valence-corrected chi connectivity index (χ4v) is 4.49. The Hall–Kier alpha value is -3.78. The van der Waals surface area contributed by atoms with Crippen molar-refractivity contribution in [2.75, 3.05) is 10.8 Å². The van der Waals surface area contributed by atoms with Gasteiger partial charge >= 0.3 is 0 Å².